The molecular weight excluding hydrogens is 372 g/mol. The molecule has 142 valence electrons. The smallest absolute Gasteiger partial charge is 0.262 e. The lowest BCUT2D eigenvalue weighted by Gasteiger charge is -2.09. The van der Waals surface area contributed by atoms with Crippen LogP contribution in [0.15, 0.2) is 83.8 Å². The van der Waals surface area contributed by atoms with Gasteiger partial charge >= 0.3 is 0 Å². The molecule has 0 atom stereocenters. The standard InChI is InChI=1S/C22H20N2O3S/c1-28-20-9-5-8-18(14-20)23-21(25)15-27-19-12-10-17(11-13-19)24-22(26)16-6-3-2-4-7-16/h2-14H,15H2,1H3,(H,23,25)(H,24,26). The summed E-state index contributed by atoms with van der Waals surface area (Å²) in [6.07, 6.45) is 1.98. The van der Waals surface area contributed by atoms with Crippen LogP contribution < -0.4 is 15.4 Å². The first-order chi connectivity index (χ1) is 13.6. The van der Waals surface area contributed by atoms with Crippen molar-refractivity contribution in [1.29, 1.82) is 0 Å². The largest absolute Gasteiger partial charge is 0.484 e. The molecule has 0 aromatic heterocycles. The van der Waals surface area contributed by atoms with Crippen molar-refractivity contribution < 1.29 is 14.3 Å². The van der Waals surface area contributed by atoms with E-state index >= 15 is 0 Å². The van der Waals surface area contributed by atoms with Crippen molar-refractivity contribution in [2.75, 3.05) is 23.5 Å². The maximum absolute atomic E-state index is 12.1. The van der Waals surface area contributed by atoms with Crippen LogP contribution in [-0.2, 0) is 4.79 Å². The molecule has 2 amide bonds. The SMILES string of the molecule is CSc1cccc(NC(=O)COc2ccc(NC(=O)c3ccccc3)cc2)c1. The van der Waals surface area contributed by atoms with E-state index in [2.05, 4.69) is 10.6 Å². The molecule has 0 radical (unpaired) electrons. The molecule has 2 N–H and O–H groups in total. The third-order valence-electron chi connectivity index (χ3n) is 3.87. The van der Waals surface area contributed by atoms with Crippen LogP contribution in [0.4, 0.5) is 11.4 Å². The van der Waals surface area contributed by atoms with Gasteiger partial charge in [-0.3, -0.25) is 9.59 Å². The molecule has 0 unspecified atom stereocenters. The molecule has 0 aliphatic heterocycles. The van der Waals surface area contributed by atoms with Gasteiger partial charge in [0.1, 0.15) is 5.75 Å². The fraction of sp³-hybridized carbons (Fsp3) is 0.0909. The van der Waals surface area contributed by atoms with Crippen molar-refractivity contribution in [2.24, 2.45) is 0 Å². The predicted octanol–water partition coefficient (Wildman–Crippen LogP) is 4.68. The van der Waals surface area contributed by atoms with E-state index in [0.29, 0.717) is 17.0 Å². The van der Waals surface area contributed by atoms with Crippen LogP contribution in [0.3, 0.4) is 0 Å². The number of anilines is 2. The maximum atomic E-state index is 12.1. The van der Waals surface area contributed by atoms with Gasteiger partial charge < -0.3 is 15.4 Å². The van der Waals surface area contributed by atoms with Crippen molar-refractivity contribution in [3.05, 3.63) is 84.4 Å². The number of carbonyl (C=O) groups is 2. The minimum absolute atomic E-state index is 0.0980. The lowest BCUT2D eigenvalue weighted by atomic mass is 10.2. The first-order valence-corrected chi connectivity index (χ1v) is 9.90. The summed E-state index contributed by atoms with van der Waals surface area (Å²) in [6.45, 7) is -0.0980. The second kappa shape index (κ2) is 9.62. The zero-order chi connectivity index (χ0) is 19.8. The Morgan fingerprint density at radius 1 is 0.857 bits per heavy atom. The van der Waals surface area contributed by atoms with Crippen LogP contribution in [0.25, 0.3) is 0 Å². The number of amides is 2. The molecule has 0 saturated heterocycles. The van der Waals surface area contributed by atoms with Gasteiger partial charge in [-0.2, -0.15) is 0 Å². The molecule has 3 rings (SSSR count). The fourth-order valence-corrected chi connectivity index (χ4v) is 2.93. The summed E-state index contributed by atoms with van der Waals surface area (Å²) in [7, 11) is 0. The minimum atomic E-state index is -0.236. The van der Waals surface area contributed by atoms with Gasteiger partial charge in [0.2, 0.25) is 0 Å². The first-order valence-electron chi connectivity index (χ1n) is 8.67. The summed E-state index contributed by atoms with van der Waals surface area (Å²) in [5.41, 5.74) is 1.98. The van der Waals surface area contributed by atoms with Gasteiger partial charge in [0.05, 0.1) is 0 Å². The van der Waals surface area contributed by atoms with E-state index in [1.54, 1.807) is 48.2 Å². The van der Waals surface area contributed by atoms with Crippen LogP contribution in [0, 0.1) is 0 Å². The second-order valence-electron chi connectivity index (χ2n) is 5.91. The average Bonchev–Trinajstić information content (AvgIpc) is 2.74. The topological polar surface area (TPSA) is 67.4 Å². The Kier molecular flexibility index (Phi) is 6.70. The van der Waals surface area contributed by atoms with E-state index in [1.165, 1.54) is 0 Å². The molecule has 28 heavy (non-hydrogen) atoms. The third kappa shape index (κ3) is 5.62. The van der Waals surface area contributed by atoms with Crippen LogP contribution >= 0.6 is 11.8 Å². The Morgan fingerprint density at radius 3 is 2.32 bits per heavy atom. The zero-order valence-electron chi connectivity index (χ0n) is 15.3. The Bertz CT molecular complexity index is 944. The van der Waals surface area contributed by atoms with E-state index in [4.69, 9.17) is 4.74 Å². The molecule has 0 heterocycles. The van der Waals surface area contributed by atoms with E-state index in [0.717, 1.165) is 10.6 Å². The van der Waals surface area contributed by atoms with Crippen molar-refractivity contribution in [3.8, 4) is 5.75 Å². The summed E-state index contributed by atoms with van der Waals surface area (Å²) in [6, 6.07) is 23.5. The monoisotopic (exact) mass is 392 g/mol. The molecule has 0 fully saturated rings. The number of thioether (sulfide) groups is 1. The molecule has 0 spiro atoms. The second-order valence-corrected chi connectivity index (χ2v) is 6.79. The first kappa shape index (κ1) is 19.5. The molecule has 0 aliphatic carbocycles. The third-order valence-corrected chi connectivity index (χ3v) is 4.60. The molecule has 5 nitrogen and oxygen atoms in total. The van der Waals surface area contributed by atoms with Crippen molar-refractivity contribution in [1.82, 2.24) is 0 Å². The fourth-order valence-electron chi connectivity index (χ4n) is 2.47. The summed E-state index contributed by atoms with van der Waals surface area (Å²) >= 11 is 1.61. The minimum Gasteiger partial charge on any atom is -0.484 e. The number of rotatable bonds is 7. The lowest BCUT2D eigenvalue weighted by Crippen LogP contribution is -2.20. The van der Waals surface area contributed by atoms with Crippen molar-refractivity contribution in [3.63, 3.8) is 0 Å². The zero-order valence-corrected chi connectivity index (χ0v) is 16.2. The van der Waals surface area contributed by atoms with Gasteiger partial charge in [0.15, 0.2) is 6.61 Å². The van der Waals surface area contributed by atoms with Gasteiger partial charge in [-0.15, -0.1) is 11.8 Å². The number of carbonyl (C=O) groups excluding carboxylic acids is 2. The number of nitrogens with one attached hydrogen (secondary N) is 2. The van der Waals surface area contributed by atoms with Gasteiger partial charge in [-0.05, 0) is 60.9 Å². The van der Waals surface area contributed by atoms with Crippen molar-refractivity contribution in [2.45, 2.75) is 4.90 Å². The van der Waals surface area contributed by atoms with Gasteiger partial charge in [-0.25, -0.2) is 0 Å². The predicted molar refractivity (Wildman–Crippen MR) is 113 cm³/mol. The van der Waals surface area contributed by atoms with Crippen molar-refractivity contribution >= 4 is 35.0 Å². The van der Waals surface area contributed by atoms with Crippen LogP contribution in [0.5, 0.6) is 5.75 Å². The molecule has 0 bridgehead atoms. The molecular formula is C22H20N2O3S. The van der Waals surface area contributed by atoms with Gasteiger partial charge in [-0.1, -0.05) is 24.3 Å². The summed E-state index contributed by atoms with van der Waals surface area (Å²) in [5.74, 6) is 0.131. The molecule has 0 aliphatic rings. The number of benzene rings is 3. The highest BCUT2D eigenvalue weighted by Gasteiger charge is 2.07. The van der Waals surface area contributed by atoms with E-state index in [-0.39, 0.29) is 18.4 Å². The van der Waals surface area contributed by atoms with Gasteiger partial charge in [0.25, 0.3) is 11.8 Å². The van der Waals surface area contributed by atoms with Crippen LogP contribution in [0.2, 0.25) is 0 Å². The lowest BCUT2D eigenvalue weighted by molar-refractivity contribution is -0.118. The number of hydrogen-bond donors (Lipinski definition) is 2. The normalized spacial score (nSPS) is 10.2. The summed E-state index contributed by atoms with van der Waals surface area (Å²) in [5, 5.41) is 5.63. The van der Waals surface area contributed by atoms with E-state index in [9.17, 15) is 9.59 Å². The van der Waals surface area contributed by atoms with Gasteiger partial charge in [0, 0.05) is 21.8 Å². The molecule has 6 heteroatoms. The maximum Gasteiger partial charge on any atom is 0.262 e. The van der Waals surface area contributed by atoms with E-state index in [1.807, 2.05) is 48.7 Å². The molecule has 3 aromatic carbocycles. The van der Waals surface area contributed by atoms with Crippen LogP contribution in [0.1, 0.15) is 10.4 Å². The molecule has 3 aromatic rings. The van der Waals surface area contributed by atoms with Crippen LogP contribution in [-0.4, -0.2) is 24.7 Å². The number of hydrogen-bond acceptors (Lipinski definition) is 4. The summed E-state index contributed by atoms with van der Waals surface area (Å²) < 4.78 is 5.51. The number of ether oxygens (including phenoxy) is 1. The Labute approximate surface area is 168 Å². The van der Waals surface area contributed by atoms with E-state index < -0.39 is 0 Å². The Hall–Kier alpha value is -3.25. The summed E-state index contributed by atoms with van der Waals surface area (Å²) in [4.78, 5) is 25.3. The Balaban J connectivity index is 1.50. The highest BCUT2D eigenvalue weighted by atomic mass is 32.2. The average molecular weight is 392 g/mol. The highest BCUT2D eigenvalue weighted by Crippen LogP contribution is 2.19. The highest BCUT2D eigenvalue weighted by molar-refractivity contribution is 7.98. The Morgan fingerprint density at radius 2 is 1.61 bits per heavy atom. The quantitative estimate of drug-likeness (QED) is 0.573. The molecule has 0 saturated carbocycles.